The van der Waals surface area contributed by atoms with Crippen molar-refractivity contribution < 1.29 is 13.2 Å². The van der Waals surface area contributed by atoms with Gasteiger partial charge in [-0.05, 0) is 42.7 Å². The first-order valence-corrected chi connectivity index (χ1v) is 7.45. The minimum atomic E-state index is -0.832. The van der Waals surface area contributed by atoms with E-state index < -0.39 is 11.6 Å². The topological polar surface area (TPSA) is 43.3 Å². The van der Waals surface area contributed by atoms with Gasteiger partial charge in [-0.25, -0.2) is 18.3 Å². The molecule has 4 nitrogen and oxygen atoms in total. The van der Waals surface area contributed by atoms with E-state index in [2.05, 4.69) is 16.3 Å². The van der Waals surface area contributed by atoms with E-state index in [1.54, 1.807) is 30.5 Å². The van der Waals surface area contributed by atoms with Crippen LogP contribution in [0.25, 0.3) is 17.1 Å². The van der Waals surface area contributed by atoms with Crippen LogP contribution >= 0.6 is 0 Å². The zero-order valence-electron chi connectivity index (χ0n) is 12.5. The van der Waals surface area contributed by atoms with E-state index in [1.165, 1.54) is 10.6 Å². The molecule has 0 atom stereocenters. The van der Waals surface area contributed by atoms with Crippen molar-refractivity contribution in [1.29, 1.82) is 0 Å². The molecule has 0 saturated carbocycles. The predicted molar refractivity (Wildman–Crippen MR) is 83.3 cm³/mol. The highest BCUT2D eigenvalue weighted by Crippen LogP contribution is 2.19. The zero-order chi connectivity index (χ0) is 16.5. The van der Waals surface area contributed by atoms with Crippen LogP contribution in [0.2, 0.25) is 0 Å². The van der Waals surface area contributed by atoms with Crippen molar-refractivity contribution in [3.05, 3.63) is 77.8 Å². The Balaban J connectivity index is 1.58. The van der Waals surface area contributed by atoms with Gasteiger partial charge in [-0.2, -0.15) is 5.10 Å². The Bertz CT molecular complexity index is 993. The number of fused-ring (bicyclic) bond motifs is 1. The lowest BCUT2D eigenvalue weighted by atomic mass is 10.1. The zero-order valence-corrected chi connectivity index (χ0v) is 12.5. The number of aryl methyl sites for hydroxylation is 2. The number of hydrogen-bond acceptors (Lipinski definition) is 3. The fourth-order valence-electron chi connectivity index (χ4n) is 2.54. The van der Waals surface area contributed by atoms with E-state index >= 15 is 0 Å². The monoisotopic (exact) mass is 324 g/mol. The Morgan fingerprint density at radius 1 is 1.12 bits per heavy atom. The molecule has 0 spiro atoms. The summed E-state index contributed by atoms with van der Waals surface area (Å²) >= 11 is 0. The number of furan rings is 1. The molecule has 0 N–H and O–H groups in total. The lowest BCUT2D eigenvalue weighted by molar-refractivity contribution is 0.498. The predicted octanol–water partition coefficient (Wildman–Crippen LogP) is 3.85. The Morgan fingerprint density at radius 3 is 2.88 bits per heavy atom. The molecule has 0 saturated heterocycles. The molecule has 3 heterocycles. The van der Waals surface area contributed by atoms with Gasteiger partial charge in [-0.1, -0.05) is 12.1 Å². The maximum atomic E-state index is 13.7. The molecule has 0 amide bonds. The summed E-state index contributed by atoms with van der Waals surface area (Å²) in [6.45, 7) is 0. The third-order valence-electron chi connectivity index (χ3n) is 3.76. The van der Waals surface area contributed by atoms with Gasteiger partial charge < -0.3 is 4.42 Å². The van der Waals surface area contributed by atoms with E-state index in [-0.39, 0.29) is 0 Å². The summed E-state index contributed by atoms with van der Waals surface area (Å²) in [7, 11) is 0. The summed E-state index contributed by atoms with van der Waals surface area (Å²) < 4.78 is 33.8. The average Bonchev–Trinajstić information content (AvgIpc) is 3.24. The van der Waals surface area contributed by atoms with Crippen molar-refractivity contribution in [2.24, 2.45) is 0 Å². The summed E-state index contributed by atoms with van der Waals surface area (Å²) in [5.41, 5.74) is 2.36. The van der Waals surface area contributed by atoms with E-state index in [4.69, 9.17) is 4.42 Å². The third kappa shape index (κ3) is 2.67. The minimum absolute atomic E-state index is 0.335. The van der Waals surface area contributed by atoms with Crippen LogP contribution in [0.1, 0.15) is 11.3 Å². The summed E-state index contributed by atoms with van der Waals surface area (Å²) in [4.78, 5) is 4.48. The van der Waals surface area contributed by atoms with E-state index in [0.29, 0.717) is 35.5 Å². The molecule has 4 aromatic rings. The fraction of sp³-hybridized carbons (Fsp3) is 0.111. The normalized spacial score (nSPS) is 11.2. The van der Waals surface area contributed by atoms with Gasteiger partial charge >= 0.3 is 0 Å². The summed E-state index contributed by atoms with van der Waals surface area (Å²) in [5.74, 6) is -0.981. The van der Waals surface area contributed by atoms with Crippen molar-refractivity contribution in [3.63, 3.8) is 0 Å². The summed E-state index contributed by atoms with van der Waals surface area (Å²) in [5, 5.41) is 4.34. The number of hydrogen-bond donors (Lipinski definition) is 0. The maximum absolute atomic E-state index is 13.7. The first kappa shape index (κ1) is 14.6. The van der Waals surface area contributed by atoms with Crippen molar-refractivity contribution in [2.75, 3.05) is 0 Å². The molecule has 0 aliphatic heterocycles. The van der Waals surface area contributed by atoms with Gasteiger partial charge in [0.05, 0.1) is 12.5 Å². The summed E-state index contributed by atoms with van der Waals surface area (Å²) in [6.07, 6.45) is 5.42. The van der Waals surface area contributed by atoms with Crippen LogP contribution in [0.15, 0.2) is 53.1 Å². The van der Waals surface area contributed by atoms with E-state index in [9.17, 15) is 8.78 Å². The largest absolute Gasteiger partial charge is 0.463 e. The van der Waals surface area contributed by atoms with Crippen molar-refractivity contribution in [1.82, 2.24) is 14.6 Å². The molecular weight excluding hydrogens is 312 g/mol. The average molecular weight is 324 g/mol. The van der Waals surface area contributed by atoms with Gasteiger partial charge in [0, 0.05) is 11.8 Å². The lowest BCUT2D eigenvalue weighted by Crippen LogP contribution is -2.00. The van der Waals surface area contributed by atoms with Crippen molar-refractivity contribution in [2.45, 2.75) is 12.8 Å². The Labute approximate surface area is 136 Å². The Hall–Kier alpha value is -3.02. The molecule has 1 radical (unpaired) electrons. The SMILES string of the molecule is Fc1cccc(CCc2c[c]n3nc(-c4ccco4)cc3n2)c1F. The first-order valence-electron chi connectivity index (χ1n) is 7.45. The number of nitrogens with zero attached hydrogens (tertiary/aromatic N) is 3. The highest BCUT2D eigenvalue weighted by atomic mass is 19.2. The van der Waals surface area contributed by atoms with Crippen molar-refractivity contribution in [3.8, 4) is 11.5 Å². The van der Waals surface area contributed by atoms with Crippen molar-refractivity contribution >= 4 is 5.65 Å². The molecular formula is C18H12F2N3O. The first-order chi connectivity index (χ1) is 11.7. The smallest absolute Gasteiger partial charge is 0.162 e. The van der Waals surface area contributed by atoms with Crippen LogP contribution in [-0.4, -0.2) is 14.6 Å². The Morgan fingerprint density at radius 2 is 2.04 bits per heavy atom. The number of halogens is 2. The second-order valence-corrected chi connectivity index (χ2v) is 5.37. The van der Waals surface area contributed by atoms with Gasteiger partial charge in [0.15, 0.2) is 23.0 Å². The highest BCUT2D eigenvalue weighted by molar-refractivity contribution is 5.58. The second-order valence-electron chi connectivity index (χ2n) is 5.37. The molecule has 119 valence electrons. The van der Waals surface area contributed by atoms with E-state index in [0.717, 1.165) is 11.8 Å². The van der Waals surface area contributed by atoms with Crippen LogP contribution in [0.4, 0.5) is 8.78 Å². The van der Waals surface area contributed by atoms with E-state index in [1.807, 2.05) is 6.07 Å². The molecule has 0 aliphatic carbocycles. The quantitative estimate of drug-likeness (QED) is 0.573. The van der Waals surface area contributed by atoms with Crippen LogP contribution in [0.5, 0.6) is 0 Å². The molecule has 0 aliphatic rings. The third-order valence-corrected chi connectivity index (χ3v) is 3.76. The number of rotatable bonds is 4. The van der Waals surface area contributed by atoms with Gasteiger partial charge in [-0.3, -0.25) is 0 Å². The Kier molecular flexibility index (Phi) is 3.57. The maximum Gasteiger partial charge on any atom is 0.162 e. The van der Waals surface area contributed by atoms with Gasteiger partial charge in [0.1, 0.15) is 5.69 Å². The van der Waals surface area contributed by atoms with Gasteiger partial charge in [0.25, 0.3) is 0 Å². The van der Waals surface area contributed by atoms with Crippen LogP contribution < -0.4 is 0 Å². The molecule has 4 rings (SSSR count). The van der Waals surface area contributed by atoms with Crippen LogP contribution in [-0.2, 0) is 12.8 Å². The van der Waals surface area contributed by atoms with Gasteiger partial charge in [-0.15, -0.1) is 0 Å². The second kappa shape index (κ2) is 5.88. The standard InChI is InChI=1S/C18H12F2N3O/c19-14-4-1-3-12(18(14)20)6-7-13-8-9-23-17(21-13)11-15(22-23)16-5-2-10-24-16/h1-5,8,10-11H,6-7H2. The van der Waals surface area contributed by atoms with Gasteiger partial charge in [0.2, 0.25) is 0 Å². The molecule has 0 fully saturated rings. The molecule has 6 heteroatoms. The fourth-order valence-corrected chi connectivity index (χ4v) is 2.54. The molecule has 3 aromatic heterocycles. The lowest BCUT2D eigenvalue weighted by Gasteiger charge is -2.04. The number of benzene rings is 1. The van der Waals surface area contributed by atoms with Crippen LogP contribution in [0, 0.1) is 17.8 Å². The van der Waals surface area contributed by atoms with Crippen LogP contribution in [0.3, 0.4) is 0 Å². The minimum Gasteiger partial charge on any atom is -0.463 e. The highest BCUT2D eigenvalue weighted by Gasteiger charge is 2.10. The summed E-state index contributed by atoms with van der Waals surface area (Å²) in [6, 6.07) is 11.3. The molecule has 0 bridgehead atoms. The molecule has 24 heavy (non-hydrogen) atoms. The number of aromatic nitrogens is 3. The molecule has 0 unspecified atom stereocenters. The molecule has 1 aromatic carbocycles.